The van der Waals surface area contributed by atoms with Crippen LogP contribution in [0.5, 0.6) is 17.2 Å². The summed E-state index contributed by atoms with van der Waals surface area (Å²) < 4.78 is 21.8. The van der Waals surface area contributed by atoms with Crippen LogP contribution in [-0.4, -0.2) is 25.0 Å². The third kappa shape index (κ3) is 3.47. The molecule has 2 aromatic rings. The van der Waals surface area contributed by atoms with Crippen LogP contribution >= 0.6 is 0 Å². The van der Waals surface area contributed by atoms with E-state index >= 15 is 0 Å². The van der Waals surface area contributed by atoms with Crippen LogP contribution in [0, 0.1) is 5.92 Å². The molecule has 6 nitrogen and oxygen atoms in total. The van der Waals surface area contributed by atoms with Crippen molar-refractivity contribution in [2.45, 2.75) is 31.5 Å². The van der Waals surface area contributed by atoms with Gasteiger partial charge in [0.25, 0.3) is 5.79 Å². The summed E-state index contributed by atoms with van der Waals surface area (Å²) in [5.41, 5.74) is 2.13. The molecule has 1 N–H and O–H groups in total. The van der Waals surface area contributed by atoms with Gasteiger partial charge in [-0.15, -0.1) is 0 Å². The quantitative estimate of drug-likeness (QED) is 0.573. The smallest absolute Gasteiger partial charge is 0.341 e. The van der Waals surface area contributed by atoms with Gasteiger partial charge in [0.1, 0.15) is 5.75 Å². The van der Waals surface area contributed by atoms with Gasteiger partial charge < -0.3 is 24.1 Å². The maximum atomic E-state index is 13.1. The van der Waals surface area contributed by atoms with Crippen molar-refractivity contribution in [3.8, 4) is 17.2 Å². The van der Waals surface area contributed by atoms with Crippen molar-refractivity contribution in [1.82, 2.24) is 0 Å². The number of ether oxygens (including phenoxy) is 4. The molecule has 0 saturated heterocycles. The number of methoxy groups -OCH3 is 1. The van der Waals surface area contributed by atoms with E-state index < -0.39 is 11.8 Å². The number of hydrogen-bond donors (Lipinski definition) is 1. The van der Waals surface area contributed by atoms with Crippen molar-refractivity contribution in [2.75, 3.05) is 13.9 Å². The third-order valence-corrected chi connectivity index (χ3v) is 6.17. The molecule has 2 atom stereocenters. The van der Waals surface area contributed by atoms with Crippen molar-refractivity contribution in [2.24, 2.45) is 5.92 Å². The fraction of sp³-hybridized carbons (Fsp3) is 0.320. The molecule has 160 valence electrons. The van der Waals surface area contributed by atoms with E-state index in [9.17, 15) is 9.90 Å². The van der Waals surface area contributed by atoms with Crippen LogP contribution in [0.4, 0.5) is 0 Å². The van der Waals surface area contributed by atoms with E-state index in [0.29, 0.717) is 51.9 Å². The molecule has 2 unspecified atom stereocenters. The molecule has 0 radical (unpaired) electrons. The highest BCUT2D eigenvalue weighted by Gasteiger charge is 2.48. The minimum Gasteiger partial charge on any atom is -0.497 e. The zero-order chi connectivity index (χ0) is 21.4. The molecule has 0 fully saturated rings. The highest BCUT2D eigenvalue weighted by atomic mass is 16.7. The van der Waals surface area contributed by atoms with Gasteiger partial charge in [-0.1, -0.05) is 18.2 Å². The molecule has 0 amide bonds. The molecule has 0 aromatic heterocycles. The lowest BCUT2D eigenvalue weighted by molar-refractivity contribution is -0.185. The predicted molar refractivity (Wildman–Crippen MR) is 114 cm³/mol. The number of rotatable bonds is 5. The summed E-state index contributed by atoms with van der Waals surface area (Å²) in [7, 11) is 1.58. The number of benzene rings is 2. The Labute approximate surface area is 180 Å². The van der Waals surface area contributed by atoms with Gasteiger partial charge in [-0.05, 0) is 73.6 Å². The molecule has 31 heavy (non-hydrogen) atoms. The van der Waals surface area contributed by atoms with Gasteiger partial charge in [0.05, 0.1) is 12.7 Å². The fourth-order valence-electron chi connectivity index (χ4n) is 4.50. The molecule has 2 aromatic carbocycles. The van der Waals surface area contributed by atoms with Crippen LogP contribution in [0.25, 0.3) is 5.57 Å². The predicted octanol–water partition coefficient (Wildman–Crippen LogP) is 4.33. The number of allylic oxidation sites excluding steroid dienone is 2. The first-order chi connectivity index (χ1) is 15.1. The summed E-state index contributed by atoms with van der Waals surface area (Å²) >= 11 is 0. The molecule has 0 spiro atoms. The SMILES string of the molecule is COc1ccc(C2(O)OC(=O)C(c3ccc4c(c3)OCO4)=C2CC2CC=CCC2)cc1. The Morgan fingerprint density at radius 2 is 1.90 bits per heavy atom. The van der Waals surface area contributed by atoms with Crippen molar-refractivity contribution >= 4 is 11.5 Å². The third-order valence-electron chi connectivity index (χ3n) is 6.17. The largest absolute Gasteiger partial charge is 0.497 e. The first kappa shape index (κ1) is 19.7. The van der Waals surface area contributed by atoms with Crippen molar-refractivity contribution in [3.05, 3.63) is 71.3 Å². The Hall–Kier alpha value is -3.25. The Bertz CT molecular complexity index is 1070. The number of esters is 1. The highest BCUT2D eigenvalue weighted by molar-refractivity contribution is 6.20. The molecular formula is C25H24O6. The van der Waals surface area contributed by atoms with E-state index in [2.05, 4.69) is 12.2 Å². The highest BCUT2D eigenvalue weighted by Crippen LogP contribution is 2.48. The van der Waals surface area contributed by atoms with Crippen LogP contribution in [0.2, 0.25) is 0 Å². The van der Waals surface area contributed by atoms with Crippen molar-refractivity contribution in [3.63, 3.8) is 0 Å². The monoisotopic (exact) mass is 420 g/mol. The Morgan fingerprint density at radius 3 is 2.65 bits per heavy atom. The van der Waals surface area contributed by atoms with E-state index in [4.69, 9.17) is 18.9 Å². The van der Waals surface area contributed by atoms with Crippen LogP contribution < -0.4 is 14.2 Å². The standard InChI is InChI=1S/C25H24O6/c1-28-19-10-8-18(9-11-19)25(27)20(13-16-5-3-2-4-6-16)23(24(26)31-25)17-7-12-21-22(14-17)30-15-29-21/h2-3,7-12,14,16,27H,4-6,13,15H2,1H3. The number of cyclic esters (lactones) is 1. The summed E-state index contributed by atoms with van der Waals surface area (Å²) in [4.78, 5) is 13.1. The molecule has 2 heterocycles. The van der Waals surface area contributed by atoms with Gasteiger partial charge in [-0.2, -0.15) is 0 Å². The normalized spacial score (nSPS) is 24.5. The van der Waals surface area contributed by atoms with Gasteiger partial charge in [0.15, 0.2) is 11.5 Å². The summed E-state index contributed by atoms with van der Waals surface area (Å²) in [6.45, 7) is 0.152. The van der Waals surface area contributed by atoms with Gasteiger partial charge in [-0.25, -0.2) is 4.79 Å². The minimum absolute atomic E-state index is 0.152. The molecule has 5 rings (SSSR count). The number of fused-ring (bicyclic) bond motifs is 1. The van der Waals surface area contributed by atoms with Crippen molar-refractivity contribution in [1.29, 1.82) is 0 Å². The molecule has 6 heteroatoms. The lowest BCUT2D eigenvalue weighted by Crippen LogP contribution is -2.30. The average molecular weight is 420 g/mol. The first-order valence-corrected chi connectivity index (χ1v) is 10.5. The van der Waals surface area contributed by atoms with Crippen LogP contribution in [0.1, 0.15) is 36.8 Å². The summed E-state index contributed by atoms with van der Waals surface area (Å²) in [5.74, 6) is -0.161. The van der Waals surface area contributed by atoms with Crippen LogP contribution in [-0.2, 0) is 15.3 Å². The first-order valence-electron chi connectivity index (χ1n) is 10.5. The summed E-state index contributed by atoms with van der Waals surface area (Å²) in [6.07, 6.45) is 7.80. The maximum Gasteiger partial charge on any atom is 0.341 e. The van der Waals surface area contributed by atoms with Gasteiger partial charge in [-0.3, -0.25) is 0 Å². The molecule has 0 saturated carbocycles. The zero-order valence-electron chi connectivity index (χ0n) is 17.3. The summed E-state index contributed by atoms with van der Waals surface area (Å²) in [5, 5.41) is 11.7. The number of hydrogen-bond acceptors (Lipinski definition) is 6. The van der Waals surface area contributed by atoms with Crippen molar-refractivity contribution < 1.29 is 28.8 Å². The van der Waals surface area contributed by atoms with E-state index in [0.717, 1.165) is 19.3 Å². The second-order valence-electron chi connectivity index (χ2n) is 8.04. The van der Waals surface area contributed by atoms with E-state index in [1.165, 1.54) is 0 Å². The second-order valence-corrected chi connectivity index (χ2v) is 8.04. The molecular weight excluding hydrogens is 396 g/mol. The van der Waals surface area contributed by atoms with Gasteiger partial charge >= 0.3 is 5.97 Å². The number of carbonyl (C=O) groups is 1. The fourth-order valence-corrected chi connectivity index (χ4v) is 4.50. The number of carbonyl (C=O) groups excluding carboxylic acids is 1. The summed E-state index contributed by atoms with van der Waals surface area (Å²) in [6, 6.07) is 12.3. The van der Waals surface area contributed by atoms with E-state index in [1.807, 2.05) is 6.07 Å². The number of aliphatic hydroxyl groups is 1. The lowest BCUT2D eigenvalue weighted by atomic mass is 9.82. The molecule has 1 aliphatic carbocycles. The minimum atomic E-state index is -1.82. The van der Waals surface area contributed by atoms with Gasteiger partial charge in [0, 0.05) is 11.1 Å². The van der Waals surface area contributed by atoms with Crippen LogP contribution in [0.3, 0.4) is 0 Å². The van der Waals surface area contributed by atoms with E-state index in [-0.39, 0.29) is 6.79 Å². The Kier molecular flexibility index (Phi) is 4.94. The average Bonchev–Trinajstić information content (AvgIpc) is 3.36. The second kappa shape index (κ2) is 7.78. The van der Waals surface area contributed by atoms with E-state index in [1.54, 1.807) is 43.5 Å². The molecule has 3 aliphatic rings. The topological polar surface area (TPSA) is 74.2 Å². The lowest BCUT2D eigenvalue weighted by Gasteiger charge is -2.28. The molecule has 0 bridgehead atoms. The Balaban J connectivity index is 1.62. The maximum absolute atomic E-state index is 13.1. The van der Waals surface area contributed by atoms with Crippen LogP contribution in [0.15, 0.2) is 60.2 Å². The van der Waals surface area contributed by atoms with Gasteiger partial charge in [0.2, 0.25) is 6.79 Å². The zero-order valence-corrected chi connectivity index (χ0v) is 17.3. The Morgan fingerprint density at radius 1 is 1.10 bits per heavy atom. The molecule has 2 aliphatic heterocycles.